The van der Waals surface area contributed by atoms with Crippen LogP contribution in [0.4, 0.5) is 5.69 Å². The molecule has 0 aliphatic carbocycles. The number of anilines is 1. The first kappa shape index (κ1) is 20.7. The van der Waals surface area contributed by atoms with Crippen LogP contribution in [0.1, 0.15) is 24.0 Å². The van der Waals surface area contributed by atoms with Crippen LogP contribution in [0.25, 0.3) is 0 Å². The van der Waals surface area contributed by atoms with Crippen molar-refractivity contribution in [3.63, 3.8) is 0 Å². The number of guanidine groups is 1. The minimum absolute atomic E-state index is 0. The minimum Gasteiger partial charge on any atom is -0.377 e. The number of fused-ring (bicyclic) bond motifs is 1. The van der Waals surface area contributed by atoms with Crippen molar-refractivity contribution in [1.82, 2.24) is 5.32 Å². The molecule has 4 nitrogen and oxygen atoms in total. The highest BCUT2D eigenvalue weighted by molar-refractivity contribution is 14.0. The topological polar surface area (TPSA) is 36.9 Å². The minimum atomic E-state index is 0. The lowest BCUT2D eigenvalue weighted by atomic mass is 10.2. The van der Waals surface area contributed by atoms with Gasteiger partial charge in [-0.25, -0.2) is 0 Å². The SMILES string of the molecule is CN=C(NCCCCOCc1ccccc1)N1CCc2ccccc21.I. The van der Waals surface area contributed by atoms with E-state index >= 15 is 0 Å². The summed E-state index contributed by atoms with van der Waals surface area (Å²) in [5.41, 5.74) is 3.91. The van der Waals surface area contributed by atoms with Crippen molar-refractivity contribution in [1.29, 1.82) is 0 Å². The maximum absolute atomic E-state index is 5.73. The highest BCUT2D eigenvalue weighted by atomic mass is 127. The van der Waals surface area contributed by atoms with Crippen LogP contribution in [0.3, 0.4) is 0 Å². The molecule has 1 aliphatic heterocycles. The van der Waals surface area contributed by atoms with Gasteiger partial charge in [-0.1, -0.05) is 48.5 Å². The van der Waals surface area contributed by atoms with Gasteiger partial charge in [-0.3, -0.25) is 4.99 Å². The molecule has 0 amide bonds. The summed E-state index contributed by atoms with van der Waals surface area (Å²) >= 11 is 0. The molecule has 0 unspecified atom stereocenters. The van der Waals surface area contributed by atoms with Crippen LogP contribution < -0.4 is 10.2 Å². The zero-order valence-electron chi connectivity index (χ0n) is 15.4. The number of para-hydroxylation sites is 1. The van der Waals surface area contributed by atoms with Gasteiger partial charge < -0.3 is 15.0 Å². The Morgan fingerprint density at radius 3 is 2.65 bits per heavy atom. The Morgan fingerprint density at radius 2 is 1.85 bits per heavy atom. The van der Waals surface area contributed by atoms with Gasteiger partial charge in [0.2, 0.25) is 0 Å². The smallest absolute Gasteiger partial charge is 0.198 e. The number of rotatable bonds is 7. The summed E-state index contributed by atoms with van der Waals surface area (Å²) in [4.78, 5) is 6.72. The molecule has 0 saturated heterocycles. The first-order valence-corrected chi connectivity index (χ1v) is 9.06. The highest BCUT2D eigenvalue weighted by Crippen LogP contribution is 2.27. The van der Waals surface area contributed by atoms with Crippen molar-refractivity contribution < 1.29 is 4.74 Å². The van der Waals surface area contributed by atoms with Gasteiger partial charge in [0.15, 0.2) is 5.96 Å². The van der Waals surface area contributed by atoms with Crippen LogP contribution in [-0.4, -0.2) is 32.7 Å². The molecular formula is C21H28IN3O. The summed E-state index contributed by atoms with van der Waals surface area (Å²) in [6.45, 7) is 3.40. The van der Waals surface area contributed by atoms with E-state index in [2.05, 4.69) is 51.6 Å². The van der Waals surface area contributed by atoms with E-state index in [1.54, 1.807) is 0 Å². The molecule has 0 radical (unpaired) electrons. The van der Waals surface area contributed by atoms with Crippen molar-refractivity contribution in [3.8, 4) is 0 Å². The quantitative estimate of drug-likeness (QED) is 0.288. The van der Waals surface area contributed by atoms with E-state index in [1.807, 2.05) is 25.2 Å². The Balaban J connectivity index is 0.00000243. The van der Waals surface area contributed by atoms with Gasteiger partial charge >= 0.3 is 0 Å². The van der Waals surface area contributed by atoms with Crippen LogP contribution in [0.15, 0.2) is 59.6 Å². The third kappa shape index (κ3) is 5.71. The van der Waals surface area contributed by atoms with E-state index < -0.39 is 0 Å². The van der Waals surface area contributed by atoms with E-state index in [9.17, 15) is 0 Å². The second-order valence-electron chi connectivity index (χ2n) is 6.25. The third-order valence-electron chi connectivity index (χ3n) is 4.46. The molecule has 3 rings (SSSR count). The Morgan fingerprint density at radius 1 is 1.08 bits per heavy atom. The van der Waals surface area contributed by atoms with E-state index in [0.29, 0.717) is 6.61 Å². The average Bonchev–Trinajstić information content (AvgIpc) is 3.09. The molecule has 2 aromatic carbocycles. The van der Waals surface area contributed by atoms with Crippen molar-refractivity contribution in [2.24, 2.45) is 4.99 Å². The summed E-state index contributed by atoms with van der Waals surface area (Å²) in [6, 6.07) is 18.9. The number of ether oxygens (including phenoxy) is 1. The molecule has 5 heteroatoms. The van der Waals surface area contributed by atoms with E-state index in [0.717, 1.165) is 44.9 Å². The lowest BCUT2D eigenvalue weighted by Crippen LogP contribution is -2.41. The summed E-state index contributed by atoms with van der Waals surface area (Å²) in [5.74, 6) is 0.968. The lowest BCUT2D eigenvalue weighted by molar-refractivity contribution is 0.117. The summed E-state index contributed by atoms with van der Waals surface area (Å²) < 4.78 is 5.73. The first-order chi connectivity index (χ1) is 12.4. The third-order valence-corrected chi connectivity index (χ3v) is 4.46. The number of hydrogen-bond acceptors (Lipinski definition) is 2. The number of unbranched alkanes of at least 4 members (excludes halogenated alkanes) is 1. The zero-order valence-corrected chi connectivity index (χ0v) is 17.7. The predicted molar refractivity (Wildman–Crippen MR) is 120 cm³/mol. The van der Waals surface area contributed by atoms with Crippen LogP contribution in [0.5, 0.6) is 0 Å². The molecule has 2 aromatic rings. The maximum atomic E-state index is 5.73. The number of benzene rings is 2. The van der Waals surface area contributed by atoms with Crippen LogP contribution in [0, 0.1) is 0 Å². The first-order valence-electron chi connectivity index (χ1n) is 9.06. The van der Waals surface area contributed by atoms with Crippen molar-refractivity contribution >= 4 is 35.6 Å². The summed E-state index contributed by atoms with van der Waals surface area (Å²) in [6.07, 6.45) is 3.21. The number of hydrogen-bond donors (Lipinski definition) is 1. The molecule has 0 aromatic heterocycles. The van der Waals surface area contributed by atoms with Gasteiger partial charge in [-0.15, -0.1) is 24.0 Å². The van der Waals surface area contributed by atoms with Gasteiger partial charge in [0.1, 0.15) is 0 Å². The Hall–Kier alpha value is -1.60. The van der Waals surface area contributed by atoms with Gasteiger partial charge in [-0.05, 0) is 36.5 Å². The largest absolute Gasteiger partial charge is 0.377 e. The second-order valence-corrected chi connectivity index (χ2v) is 6.25. The molecule has 0 spiro atoms. The lowest BCUT2D eigenvalue weighted by Gasteiger charge is -2.22. The zero-order chi connectivity index (χ0) is 17.3. The molecular weight excluding hydrogens is 437 g/mol. The summed E-state index contributed by atoms with van der Waals surface area (Å²) in [5, 5.41) is 3.48. The van der Waals surface area contributed by atoms with E-state index in [1.165, 1.54) is 16.8 Å². The van der Waals surface area contributed by atoms with Crippen molar-refractivity contribution in [3.05, 3.63) is 65.7 Å². The van der Waals surface area contributed by atoms with Gasteiger partial charge in [-0.2, -0.15) is 0 Å². The maximum Gasteiger partial charge on any atom is 0.198 e. The predicted octanol–water partition coefficient (Wildman–Crippen LogP) is 4.24. The second kappa shape index (κ2) is 11.2. The number of nitrogens with zero attached hydrogens (tertiary/aromatic N) is 2. The Labute approximate surface area is 173 Å². The fourth-order valence-electron chi connectivity index (χ4n) is 3.15. The molecule has 26 heavy (non-hydrogen) atoms. The number of aliphatic imine (C=N–C) groups is 1. The van der Waals surface area contributed by atoms with Crippen LogP contribution in [0.2, 0.25) is 0 Å². The number of nitrogens with one attached hydrogen (secondary N) is 1. The highest BCUT2D eigenvalue weighted by Gasteiger charge is 2.21. The fourth-order valence-corrected chi connectivity index (χ4v) is 3.15. The molecule has 0 atom stereocenters. The monoisotopic (exact) mass is 465 g/mol. The standard InChI is InChI=1S/C21H27N3O.HI/c1-22-21(24-15-13-19-11-5-6-12-20(19)24)23-14-7-8-16-25-17-18-9-3-2-4-10-18;/h2-6,9-12H,7-8,13-17H2,1H3,(H,22,23);1H. The van der Waals surface area contributed by atoms with Crippen LogP contribution >= 0.6 is 24.0 Å². The molecule has 0 bridgehead atoms. The van der Waals surface area contributed by atoms with E-state index in [-0.39, 0.29) is 24.0 Å². The molecule has 1 heterocycles. The molecule has 0 saturated carbocycles. The molecule has 1 N–H and O–H groups in total. The molecule has 1 aliphatic rings. The molecule has 0 fully saturated rings. The Bertz CT molecular complexity index is 691. The normalized spacial score (nSPS) is 13.3. The van der Waals surface area contributed by atoms with Gasteiger partial charge in [0, 0.05) is 32.4 Å². The average molecular weight is 465 g/mol. The fraction of sp³-hybridized carbons (Fsp3) is 0.381. The number of halogens is 1. The van der Waals surface area contributed by atoms with Gasteiger partial charge in [0.05, 0.1) is 6.61 Å². The Kier molecular flexibility index (Phi) is 8.91. The molecule has 140 valence electrons. The van der Waals surface area contributed by atoms with E-state index in [4.69, 9.17) is 4.74 Å². The van der Waals surface area contributed by atoms with Crippen molar-refractivity contribution in [2.75, 3.05) is 31.6 Å². The van der Waals surface area contributed by atoms with Crippen LogP contribution in [-0.2, 0) is 17.8 Å². The van der Waals surface area contributed by atoms with Crippen molar-refractivity contribution in [2.45, 2.75) is 25.9 Å². The summed E-state index contributed by atoms with van der Waals surface area (Å²) in [7, 11) is 1.85. The van der Waals surface area contributed by atoms with Gasteiger partial charge in [0.25, 0.3) is 0 Å².